The van der Waals surface area contributed by atoms with Crippen LogP contribution in [0.15, 0.2) is 90.4 Å². The number of carbonyl (C=O) groups excluding carboxylic acids is 1. The topological polar surface area (TPSA) is 141 Å². The lowest BCUT2D eigenvalue weighted by molar-refractivity contribution is -0.117. The van der Waals surface area contributed by atoms with Crippen LogP contribution >= 0.6 is 0 Å². The molecule has 3 aromatic carbocycles. The van der Waals surface area contributed by atoms with Crippen molar-refractivity contribution >= 4 is 39.1 Å². The molecule has 0 aliphatic heterocycles. The Bertz CT molecular complexity index is 1870. The number of rotatable bonds is 7. The maximum absolute atomic E-state index is 13.1. The molecule has 3 heterocycles. The number of aryl methyl sites for hydroxylation is 1. The number of hydrogen-bond donors (Lipinski definition) is 5. The second-order valence-electron chi connectivity index (χ2n) is 9.24. The van der Waals surface area contributed by atoms with Gasteiger partial charge in [-0.3, -0.25) is 9.59 Å². The van der Waals surface area contributed by atoms with E-state index in [2.05, 4.69) is 25.6 Å². The number of H-pyrrole nitrogens is 2. The molecule has 3 aromatic heterocycles. The van der Waals surface area contributed by atoms with E-state index in [0.29, 0.717) is 17.2 Å². The molecule has 0 unspecified atom stereocenters. The van der Waals surface area contributed by atoms with E-state index in [-0.39, 0.29) is 5.56 Å². The van der Waals surface area contributed by atoms with E-state index >= 15 is 0 Å². The fourth-order valence-electron chi connectivity index (χ4n) is 4.66. The SMILES string of the molecule is Cc1cc(-n2ccnc2)cc2[nH]c(-c3c(N[C@@H](CO)C(=O)Nc4ccc5ccccc5c4)cc[nH]c3=O)nc12. The first-order valence-corrected chi connectivity index (χ1v) is 12.4. The zero-order valence-electron chi connectivity index (χ0n) is 21.0. The van der Waals surface area contributed by atoms with Crippen molar-refractivity contribution < 1.29 is 9.90 Å². The Balaban J connectivity index is 1.31. The third-order valence-electron chi connectivity index (χ3n) is 6.61. The summed E-state index contributed by atoms with van der Waals surface area (Å²) in [5, 5.41) is 18.0. The average molecular weight is 520 g/mol. The molecule has 0 radical (unpaired) electrons. The molecule has 0 saturated carbocycles. The van der Waals surface area contributed by atoms with Gasteiger partial charge < -0.3 is 30.3 Å². The van der Waals surface area contributed by atoms with Gasteiger partial charge in [0.05, 0.1) is 29.7 Å². The second-order valence-corrected chi connectivity index (χ2v) is 9.24. The molecule has 0 saturated heterocycles. The smallest absolute Gasteiger partial charge is 0.261 e. The van der Waals surface area contributed by atoms with E-state index in [1.165, 1.54) is 6.20 Å². The quantitative estimate of drug-likeness (QED) is 0.216. The van der Waals surface area contributed by atoms with Gasteiger partial charge in [-0.25, -0.2) is 9.97 Å². The normalized spacial score (nSPS) is 12.1. The lowest BCUT2D eigenvalue weighted by atomic mass is 10.1. The highest BCUT2D eigenvalue weighted by Crippen LogP contribution is 2.28. The van der Waals surface area contributed by atoms with Crippen molar-refractivity contribution in [3.63, 3.8) is 0 Å². The molecule has 6 aromatic rings. The molecule has 5 N–H and O–H groups in total. The number of anilines is 2. The highest BCUT2D eigenvalue weighted by atomic mass is 16.3. The van der Waals surface area contributed by atoms with Gasteiger partial charge in [0.2, 0.25) is 5.91 Å². The zero-order chi connectivity index (χ0) is 26.9. The molecule has 0 spiro atoms. The highest BCUT2D eigenvalue weighted by Gasteiger charge is 2.22. The van der Waals surface area contributed by atoms with Crippen LogP contribution < -0.4 is 16.2 Å². The van der Waals surface area contributed by atoms with Gasteiger partial charge in [-0.1, -0.05) is 30.3 Å². The van der Waals surface area contributed by atoms with Crippen LogP contribution in [0.4, 0.5) is 11.4 Å². The number of amides is 1. The summed E-state index contributed by atoms with van der Waals surface area (Å²) in [5.74, 6) is -0.101. The van der Waals surface area contributed by atoms with Crippen molar-refractivity contribution in [2.24, 2.45) is 0 Å². The molecule has 0 fully saturated rings. The number of aromatic amines is 2. The number of nitrogens with one attached hydrogen (secondary N) is 4. The molecule has 0 bridgehead atoms. The number of hydrogen-bond acceptors (Lipinski definition) is 6. The third-order valence-corrected chi connectivity index (χ3v) is 6.61. The van der Waals surface area contributed by atoms with Crippen molar-refractivity contribution in [1.82, 2.24) is 24.5 Å². The first-order valence-electron chi connectivity index (χ1n) is 12.4. The van der Waals surface area contributed by atoms with Crippen LogP contribution in [0.3, 0.4) is 0 Å². The Morgan fingerprint density at radius 3 is 2.74 bits per heavy atom. The van der Waals surface area contributed by atoms with Gasteiger partial charge in [0.25, 0.3) is 5.56 Å². The van der Waals surface area contributed by atoms with E-state index in [9.17, 15) is 14.7 Å². The van der Waals surface area contributed by atoms with E-state index in [0.717, 1.165) is 33.1 Å². The van der Waals surface area contributed by atoms with Gasteiger partial charge in [0.1, 0.15) is 17.4 Å². The summed E-state index contributed by atoms with van der Waals surface area (Å²) in [6.07, 6.45) is 6.74. The van der Waals surface area contributed by atoms with Gasteiger partial charge in [-0.2, -0.15) is 0 Å². The van der Waals surface area contributed by atoms with Crippen LogP contribution in [0.1, 0.15) is 5.56 Å². The van der Waals surface area contributed by atoms with Gasteiger partial charge >= 0.3 is 0 Å². The zero-order valence-corrected chi connectivity index (χ0v) is 21.0. The number of aliphatic hydroxyl groups is 1. The van der Waals surface area contributed by atoms with Gasteiger partial charge in [0.15, 0.2) is 0 Å². The van der Waals surface area contributed by atoms with Gasteiger partial charge in [-0.15, -0.1) is 0 Å². The molecular formula is C29H25N7O3. The Hall–Kier alpha value is -5.22. The highest BCUT2D eigenvalue weighted by molar-refractivity contribution is 5.99. The number of imidazole rings is 2. The summed E-state index contributed by atoms with van der Waals surface area (Å²) in [5.41, 5.74) is 4.09. The summed E-state index contributed by atoms with van der Waals surface area (Å²) in [6.45, 7) is 1.46. The Labute approximate surface area is 222 Å². The van der Waals surface area contributed by atoms with Crippen molar-refractivity contribution in [3.8, 4) is 17.1 Å². The largest absolute Gasteiger partial charge is 0.394 e. The molecule has 6 rings (SSSR count). The molecule has 0 aliphatic carbocycles. The van der Waals surface area contributed by atoms with Crippen molar-refractivity contribution in [3.05, 3.63) is 101 Å². The van der Waals surface area contributed by atoms with Crippen LogP contribution in [-0.4, -0.2) is 48.2 Å². The van der Waals surface area contributed by atoms with E-state index in [1.807, 2.05) is 72.3 Å². The molecule has 39 heavy (non-hydrogen) atoms. The second kappa shape index (κ2) is 9.92. The van der Waals surface area contributed by atoms with Crippen LogP contribution in [-0.2, 0) is 4.79 Å². The molecular weight excluding hydrogens is 494 g/mol. The number of aliphatic hydroxyl groups excluding tert-OH is 1. The van der Waals surface area contributed by atoms with Crippen molar-refractivity contribution in [1.29, 1.82) is 0 Å². The number of aromatic nitrogens is 5. The van der Waals surface area contributed by atoms with E-state index in [1.54, 1.807) is 18.6 Å². The first kappa shape index (κ1) is 24.1. The minimum absolute atomic E-state index is 0.231. The van der Waals surface area contributed by atoms with E-state index < -0.39 is 24.1 Å². The fraction of sp³-hybridized carbons (Fsp3) is 0.103. The predicted octanol–water partition coefficient (Wildman–Crippen LogP) is 3.98. The third kappa shape index (κ3) is 4.64. The molecule has 10 nitrogen and oxygen atoms in total. The number of fused-ring (bicyclic) bond motifs is 2. The predicted molar refractivity (Wildman–Crippen MR) is 151 cm³/mol. The Kier molecular flexibility index (Phi) is 6.14. The maximum atomic E-state index is 13.1. The van der Waals surface area contributed by atoms with Gasteiger partial charge in [-0.05, 0) is 53.6 Å². The van der Waals surface area contributed by atoms with Crippen molar-refractivity contribution in [2.75, 3.05) is 17.2 Å². The molecule has 0 aliphatic rings. The molecule has 1 atom stereocenters. The number of pyridine rings is 1. The number of carbonyl (C=O) groups is 1. The van der Waals surface area contributed by atoms with Crippen LogP contribution in [0.2, 0.25) is 0 Å². The minimum Gasteiger partial charge on any atom is -0.394 e. The first-order chi connectivity index (χ1) is 19.0. The molecule has 194 valence electrons. The Morgan fingerprint density at radius 2 is 1.95 bits per heavy atom. The minimum atomic E-state index is -1.02. The monoisotopic (exact) mass is 519 g/mol. The molecule has 1 amide bonds. The van der Waals surface area contributed by atoms with Crippen molar-refractivity contribution in [2.45, 2.75) is 13.0 Å². The average Bonchev–Trinajstić information content (AvgIpc) is 3.62. The number of benzene rings is 3. The van der Waals surface area contributed by atoms with Crippen LogP contribution in [0.5, 0.6) is 0 Å². The number of nitrogens with zero attached hydrogens (tertiary/aromatic N) is 3. The van der Waals surface area contributed by atoms with Crippen LogP contribution in [0.25, 0.3) is 38.9 Å². The van der Waals surface area contributed by atoms with Gasteiger partial charge in [0, 0.05) is 30.0 Å². The summed E-state index contributed by atoms with van der Waals surface area (Å²) >= 11 is 0. The summed E-state index contributed by atoms with van der Waals surface area (Å²) in [6, 6.07) is 18.0. The lowest BCUT2D eigenvalue weighted by Crippen LogP contribution is -2.38. The summed E-state index contributed by atoms with van der Waals surface area (Å²) in [7, 11) is 0. The molecule has 10 heteroatoms. The lowest BCUT2D eigenvalue weighted by Gasteiger charge is -2.19. The standard InChI is InChI=1S/C29H25N7O3/c1-17-12-21(36-11-10-30-16-36)14-23-26(17)35-27(34-23)25-22(8-9-31-29(25)39)33-24(15-37)28(38)32-20-7-6-18-4-2-3-5-19(18)13-20/h2-14,16,24,37H,15H2,1H3,(H,32,38)(H,34,35)(H2,31,33,39)/t24-/m0/s1. The van der Waals surface area contributed by atoms with Crippen LogP contribution in [0, 0.1) is 6.92 Å². The van der Waals surface area contributed by atoms with E-state index in [4.69, 9.17) is 4.98 Å². The Morgan fingerprint density at radius 1 is 1.10 bits per heavy atom. The maximum Gasteiger partial charge on any atom is 0.261 e. The fourth-order valence-corrected chi connectivity index (χ4v) is 4.66. The summed E-state index contributed by atoms with van der Waals surface area (Å²) in [4.78, 5) is 40.8. The summed E-state index contributed by atoms with van der Waals surface area (Å²) < 4.78 is 1.88.